The molecule has 3 atom stereocenters. The van der Waals surface area contributed by atoms with Gasteiger partial charge in [0.05, 0.1) is 10.9 Å². The third-order valence-corrected chi connectivity index (χ3v) is 6.62. The van der Waals surface area contributed by atoms with Crippen LogP contribution in [0.25, 0.3) is 0 Å². The molecule has 2 aliphatic rings. The summed E-state index contributed by atoms with van der Waals surface area (Å²) in [4.78, 5) is 21.8. The number of nitro groups is 1. The molecule has 3 rings (SSSR count). The molecule has 0 saturated carbocycles. The van der Waals surface area contributed by atoms with Crippen LogP contribution in [0.2, 0.25) is 0 Å². The van der Waals surface area contributed by atoms with E-state index in [9.17, 15) is 20.0 Å². The Morgan fingerprint density at radius 3 is 2.65 bits per heavy atom. The lowest BCUT2D eigenvalue weighted by atomic mass is 9.77. The zero-order valence-corrected chi connectivity index (χ0v) is 13.8. The van der Waals surface area contributed by atoms with Crippen LogP contribution >= 0.6 is 11.8 Å². The van der Waals surface area contributed by atoms with Gasteiger partial charge in [-0.05, 0) is 30.9 Å². The lowest BCUT2D eigenvalue weighted by Gasteiger charge is -2.40. The van der Waals surface area contributed by atoms with E-state index in [-0.39, 0.29) is 22.9 Å². The molecule has 2 bridgehead atoms. The highest BCUT2D eigenvalue weighted by Gasteiger charge is 2.56. The van der Waals surface area contributed by atoms with E-state index in [1.54, 1.807) is 0 Å². The van der Waals surface area contributed by atoms with Gasteiger partial charge in [-0.2, -0.15) is 11.8 Å². The lowest BCUT2D eigenvalue weighted by molar-refractivity contribution is -0.386. The Kier molecular flexibility index (Phi) is 4.00. The van der Waals surface area contributed by atoms with Gasteiger partial charge in [0, 0.05) is 28.6 Å². The summed E-state index contributed by atoms with van der Waals surface area (Å²) < 4.78 is 6.19. The van der Waals surface area contributed by atoms with Crippen molar-refractivity contribution >= 4 is 23.4 Å². The topological polar surface area (TPSA) is 92.5 Å². The second kappa shape index (κ2) is 5.70. The van der Waals surface area contributed by atoms with Crippen LogP contribution in [0, 0.1) is 16.0 Å². The van der Waals surface area contributed by atoms with E-state index in [0.29, 0.717) is 10.5 Å². The Hall–Kier alpha value is -1.76. The molecule has 3 unspecified atom stereocenters. The Morgan fingerprint density at radius 2 is 2.17 bits per heavy atom. The molecule has 0 N–H and O–H groups in total. The third kappa shape index (κ3) is 2.67. The summed E-state index contributed by atoms with van der Waals surface area (Å²) in [6, 6.07) is 3.57. The zero-order valence-electron chi connectivity index (χ0n) is 13.0. The van der Waals surface area contributed by atoms with Crippen molar-refractivity contribution in [3.8, 4) is 5.75 Å². The van der Waals surface area contributed by atoms with Gasteiger partial charge < -0.3 is 14.6 Å². The fourth-order valence-corrected chi connectivity index (χ4v) is 5.63. The molecule has 2 saturated heterocycles. The minimum Gasteiger partial charge on any atom is -0.545 e. The number of rotatable bonds is 5. The zero-order chi connectivity index (χ0) is 16.8. The number of hydrogen-bond donors (Lipinski definition) is 0. The van der Waals surface area contributed by atoms with Crippen molar-refractivity contribution in [1.82, 2.24) is 0 Å². The molecule has 0 spiro atoms. The number of fused-ring (bicyclic) bond motifs is 2. The van der Waals surface area contributed by atoms with Gasteiger partial charge in [0.2, 0.25) is 0 Å². The second-order valence-corrected chi connectivity index (χ2v) is 7.97. The summed E-state index contributed by atoms with van der Waals surface area (Å²) in [5.74, 6) is -1.17. The highest BCUT2D eigenvalue weighted by Crippen LogP contribution is 2.56. The number of benzene rings is 1. The van der Waals surface area contributed by atoms with Crippen LogP contribution in [0.5, 0.6) is 5.75 Å². The molecule has 2 fully saturated rings. The average Bonchev–Trinajstić information content (AvgIpc) is 3.08. The van der Waals surface area contributed by atoms with Crippen molar-refractivity contribution in [3.05, 3.63) is 33.9 Å². The van der Waals surface area contributed by atoms with E-state index < -0.39 is 16.5 Å². The molecule has 0 radical (unpaired) electrons. The van der Waals surface area contributed by atoms with Crippen LogP contribution in [-0.4, -0.2) is 27.0 Å². The molecule has 7 heteroatoms. The van der Waals surface area contributed by atoms with Gasteiger partial charge in [0.15, 0.2) is 5.75 Å². The summed E-state index contributed by atoms with van der Waals surface area (Å²) >= 11 is 1.89. The van der Waals surface area contributed by atoms with E-state index in [1.165, 1.54) is 18.2 Å². The first-order valence-electron chi connectivity index (χ1n) is 7.68. The molecule has 0 amide bonds. The normalized spacial score (nSPS) is 29.0. The van der Waals surface area contributed by atoms with Gasteiger partial charge in [-0.3, -0.25) is 10.1 Å². The molecule has 0 aromatic heterocycles. The number of aromatic carboxylic acids is 1. The van der Waals surface area contributed by atoms with Gasteiger partial charge in [0.25, 0.3) is 0 Å². The minimum atomic E-state index is -1.37. The molecule has 6 nitrogen and oxygen atoms in total. The summed E-state index contributed by atoms with van der Waals surface area (Å²) in [5.41, 5.74) is -0.800. The molecule has 2 heterocycles. The Bertz CT molecular complexity index is 662. The smallest absolute Gasteiger partial charge is 0.310 e. The predicted octanol–water partition coefficient (Wildman–Crippen LogP) is 2.40. The van der Waals surface area contributed by atoms with E-state index in [2.05, 4.69) is 13.8 Å². The van der Waals surface area contributed by atoms with Crippen molar-refractivity contribution in [3.63, 3.8) is 0 Å². The fraction of sp³-hybridized carbons (Fsp3) is 0.562. The summed E-state index contributed by atoms with van der Waals surface area (Å²) in [6.45, 7) is 4.10. The van der Waals surface area contributed by atoms with E-state index in [4.69, 9.17) is 4.74 Å². The number of ether oxygens (including phenoxy) is 1. The molecular formula is C16H18NO5S-. The van der Waals surface area contributed by atoms with Crippen LogP contribution in [0.4, 0.5) is 5.69 Å². The predicted molar refractivity (Wildman–Crippen MR) is 84.6 cm³/mol. The highest BCUT2D eigenvalue weighted by molar-refractivity contribution is 8.01. The third-order valence-electron chi connectivity index (χ3n) is 4.87. The maximum absolute atomic E-state index is 11.3. The maximum atomic E-state index is 11.3. The molecular weight excluding hydrogens is 318 g/mol. The number of nitrogens with zero attached hydrogens (tertiary/aromatic N) is 1. The Morgan fingerprint density at radius 1 is 1.43 bits per heavy atom. The number of hydrogen-bond acceptors (Lipinski definition) is 6. The maximum Gasteiger partial charge on any atom is 0.310 e. The minimum absolute atomic E-state index is 0.0264. The number of carboxylic acid groups (broad SMARTS) is 1. The van der Waals surface area contributed by atoms with Gasteiger partial charge >= 0.3 is 5.69 Å². The quantitative estimate of drug-likeness (QED) is 0.605. The number of carboxylic acids is 1. The van der Waals surface area contributed by atoms with Crippen LogP contribution in [0.1, 0.15) is 43.5 Å². The van der Waals surface area contributed by atoms with E-state index in [0.717, 1.165) is 19.3 Å². The first kappa shape index (κ1) is 16.1. The molecule has 23 heavy (non-hydrogen) atoms. The first-order valence-corrected chi connectivity index (χ1v) is 8.62. The van der Waals surface area contributed by atoms with Gasteiger partial charge in [0.1, 0.15) is 5.60 Å². The van der Waals surface area contributed by atoms with E-state index in [1.807, 2.05) is 11.8 Å². The Labute approximate surface area is 138 Å². The van der Waals surface area contributed by atoms with Crippen molar-refractivity contribution in [2.75, 3.05) is 0 Å². The Balaban J connectivity index is 2.01. The summed E-state index contributed by atoms with van der Waals surface area (Å²) in [7, 11) is 0. The van der Waals surface area contributed by atoms with Crippen LogP contribution in [-0.2, 0) is 0 Å². The second-order valence-electron chi connectivity index (χ2n) is 6.47. The van der Waals surface area contributed by atoms with Crippen molar-refractivity contribution < 1.29 is 19.6 Å². The average molecular weight is 336 g/mol. The summed E-state index contributed by atoms with van der Waals surface area (Å²) in [6.07, 6.45) is 3.02. The van der Waals surface area contributed by atoms with Gasteiger partial charge in [-0.15, -0.1) is 0 Å². The largest absolute Gasteiger partial charge is 0.545 e. The lowest BCUT2D eigenvalue weighted by Crippen LogP contribution is -2.49. The van der Waals surface area contributed by atoms with Crippen molar-refractivity contribution in [2.24, 2.45) is 5.92 Å². The highest BCUT2D eigenvalue weighted by atomic mass is 32.2. The summed E-state index contributed by atoms with van der Waals surface area (Å²) in [5, 5.41) is 23.1. The van der Waals surface area contributed by atoms with Crippen molar-refractivity contribution in [2.45, 2.75) is 49.2 Å². The first-order chi connectivity index (χ1) is 10.8. The molecule has 1 aromatic rings. The SMILES string of the molecule is CC(C)C1(Oc2cc(C(=O)[O-])ccc2[N+](=O)[O-])CC2CCC1S2. The van der Waals surface area contributed by atoms with E-state index >= 15 is 0 Å². The number of carbonyl (C=O) groups is 1. The number of thioether (sulfide) groups is 1. The standard InChI is InChI=1S/C16H19NO5S/c1-9(2)16(8-11-4-6-14(16)23-11)22-13-7-10(15(18)19)3-5-12(13)17(20)21/h3,5,7,9,11,14H,4,6,8H2,1-2H3,(H,18,19)/p-1. The molecule has 124 valence electrons. The monoisotopic (exact) mass is 336 g/mol. The number of nitro benzene ring substituents is 1. The molecule has 2 aliphatic heterocycles. The van der Waals surface area contributed by atoms with Gasteiger partial charge in [-0.25, -0.2) is 0 Å². The van der Waals surface area contributed by atoms with Gasteiger partial charge in [-0.1, -0.05) is 13.8 Å². The molecule has 0 aliphatic carbocycles. The van der Waals surface area contributed by atoms with Crippen LogP contribution in [0.15, 0.2) is 18.2 Å². The molecule has 1 aromatic carbocycles. The van der Waals surface area contributed by atoms with Crippen LogP contribution in [0.3, 0.4) is 0 Å². The number of carbonyl (C=O) groups excluding carboxylic acids is 1. The van der Waals surface area contributed by atoms with Crippen molar-refractivity contribution in [1.29, 1.82) is 0 Å². The fourth-order valence-electron chi connectivity index (χ4n) is 3.61. The van der Waals surface area contributed by atoms with Crippen LogP contribution < -0.4 is 9.84 Å².